The number of hydrogen-bond acceptors (Lipinski definition) is 3. The topological polar surface area (TPSA) is 68.2 Å². The zero-order valence-corrected chi connectivity index (χ0v) is 14.0. The van der Waals surface area contributed by atoms with Crippen molar-refractivity contribution in [3.63, 3.8) is 0 Å². The second-order valence-electron chi connectivity index (χ2n) is 6.05. The molecule has 7 heteroatoms. The molecule has 5 nitrogen and oxygen atoms in total. The molecule has 0 spiro atoms. The Labute approximate surface area is 130 Å². The average Bonchev–Trinajstić information content (AvgIpc) is 3.01. The molecule has 2 rings (SSSR count). The van der Waals surface area contributed by atoms with Gasteiger partial charge in [-0.2, -0.15) is 0 Å². The van der Waals surface area contributed by atoms with Crippen LogP contribution in [0.2, 0.25) is 0 Å². The van der Waals surface area contributed by atoms with Gasteiger partial charge in [0.2, 0.25) is 0 Å². The third kappa shape index (κ3) is 4.23. The second-order valence-corrected chi connectivity index (χ2v) is 8.62. The molecule has 1 aromatic heterocycles. The molecule has 21 heavy (non-hydrogen) atoms. The summed E-state index contributed by atoms with van der Waals surface area (Å²) in [6, 6.07) is 1.38. The highest BCUT2D eigenvalue weighted by molar-refractivity contribution is 8.13. The van der Waals surface area contributed by atoms with E-state index in [0.717, 1.165) is 12.3 Å². The second kappa shape index (κ2) is 6.01. The number of hydrogen-bond donors (Lipinski definition) is 1. The zero-order valence-electron chi connectivity index (χ0n) is 12.5. The molecule has 1 amide bonds. The molecule has 118 valence electrons. The predicted molar refractivity (Wildman–Crippen MR) is 82.1 cm³/mol. The maximum Gasteiger partial charge on any atom is 0.268 e. The first-order valence-electron chi connectivity index (χ1n) is 7.16. The SMILES string of the molecule is CC(CC1CC1)NC(=O)c1cc(S(=O)(=O)Cl)cn1C(C)C. The summed E-state index contributed by atoms with van der Waals surface area (Å²) in [4.78, 5) is 12.3. The molecule has 0 radical (unpaired) electrons. The van der Waals surface area contributed by atoms with Gasteiger partial charge >= 0.3 is 0 Å². The summed E-state index contributed by atoms with van der Waals surface area (Å²) < 4.78 is 24.5. The van der Waals surface area contributed by atoms with E-state index in [1.807, 2.05) is 20.8 Å². The van der Waals surface area contributed by atoms with E-state index >= 15 is 0 Å². The first-order chi connectivity index (χ1) is 9.68. The van der Waals surface area contributed by atoms with E-state index in [2.05, 4.69) is 5.32 Å². The Morgan fingerprint density at radius 3 is 2.52 bits per heavy atom. The van der Waals surface area contributed by atoms with Crippen LogP contribution in [0.4, 0.5) is 0 Å². The van der Waals surface area contributed by atoms with Crippen molar-refractivity contribution in [1.82, 2.24) is 9.88 Å². The van der Waals surface area contributed by atoms with Crippen molar-refractivity contribution >= 4 is 25.6 Å². The quantitative estimate of drug-likeness (QED) is 0.814. The molecule has 0 aromatic carbocycles. The number of amides is 1. The highest BCUT2D eigenvalue weighted by Crippen LogP contribution is 2.33. The van der Waals surface area contributed by atoms with Crippen LogP contribution in [0.3, 0.4) is 0 Å². The van der Waals surface area contributed by atoms with Gasteiger partial charge in [-0.3, -0.25) is 4.79 Å². The minimum absolute atomic E-state index is 0.0309. The lowest BCUT2D eigenvalue weighted by atomic mass is 10.1. The zero-order chi connectivity index (χ0) is 15.8. The fraction of sp³-hybridized carbons (Fsp3) is 0.643. The van der Waals surface area contributed by atoms with Gasteiger partial charge in [-0.05, 0) is 39.2 Å². The first kappa shape index (κ1) is 16.4. The molecule has 1 fully saturated rings. The van der Waals surface area contributed by atoms with Crippen molar-refractivity contribution in [3.8, 4) is 0 Å². The van der Waals surface area contributed by atoms with Crippen LogP contribution >= 0.6 is 10.7 Å². The molecule has 1 saturated carbocycles. The molecule has 0 bridgehead atoms. The maximum atomic E-state index is 12.4. The van der Waals surface area contributed by atoms with Crippen LogP contribution in [0.25, 0.3) is 0 Å². The lowest BCUT2D eigenvalue weighted by Gasteiger charge is -2.16. The van der Waals surface area contributed by atoms with Crippen LogP contribution in [0.1, 0.15) is 56.6 Å². The van der Waals surface area contributed by atoms with Gasteiger partial charge in [0.1, 0.15) is 10.6 Å². The number of rotatable bonds is 6. The van der Waals surface area contributed by atoms with Crippen LogP contribution in [0.5, 0.6) is 0 Å². The van der Waals surface area contributed by atoms with Gasteiger partial charge in [-0.15, -0.1) is 0 Å². The van der Waals surface area contributed by atoms with E-state index in [-0.39, 0.29) is 22.9 Å². The van der Waals surface area contributed by atoms with Gasteiger partial charge < -0.3 is 9.88 Å². The third-order valence-corrected chi connectivity index (χ3v) is 4.98. The molecule has 1 aliphatic rings. The Bertz CT molecular complexity index is 633. The summed E-state index contributed by atoms with van der Waals surface area (Å²) in [6.45, 7) is 5.74. The van der Waals surface area contributed by atoms with E-state index in [0.29, 0.717) is 5.69 Å². The minimum Gasteiger partial charge on any atom is -0.348 e. The summed E-state index contributed by atoms with van der Waals surface area (Å²) in [6.07, 6.45) is 4.84. The van der Waals surface area contributed by atoms with Crippen LogP contribution in [0.15, 0.2) is 17.2 Å². The lowest BCUT2D eigenvalue weighted by molar-refractivity contribution is 0.0926. The van der Waals surface area contributed by atoms with Crippen molar-refractivity contribution < 1.29 is 13.2 Å². The molecule has 1 aliphatic carbocycles. The monoisotopic (exact) mass is 332 g/mol. The number of halogens is 1. The molecule has 1 unspecified atom stereocenters. The van der Waals surface area contributed by atoms with Gasteiger partial charge in [0.25, 0.3) is 15.0 Å². The average molecular weight is 333 g/mol. The van der Waals surface area contributed by atoms with E-state index in [9.17, 15) is 13.2 Å². The van der Waals surface area contributed by atoms with Crippen LogP contribution in [-0.2, 0) is 9.05 Å². The van der Waals surface area contributed by atoms with E-state index in [4.69, 9.17) is 10.7 Å². The van der Waals surface area contributed by atoms with Crippen molar-refractivity contribution in [2.45, 2.75) is 57.0 Å². The van der Waals surface area contributed by atoms with Crippen molar-refractivity contribution in [1.29, 1.82) is 0 Å². The number of nitrogens with zero attached hydrogens (tertiary/aromatic N) is 1. The number of carbonyl (C=O) groups is 1. The summed E-state index contributed by atoms with van der Waals surface area (Å²) in [7, 11) is 1.53. The largest absolute Gasteiger partial charge is 0.348 e. The van der Waals surface area contributed by atoms with Crippen molar-refractivity contribution in [3.05, 3.63) is 18.0 Å². The molecular formula is C14H21ClN2O3S. The molecule has 1 N–H and O–H groups in total. The van der Waals surface area contributed by atoms with Gasteiger partial charge in [-0.25, -0.2) is 8.42 Å². The molecule has 0 saturated heterocycles. The normalized spacial score (nSPS) is 17.0. The van der Waals surface area contributed by atoms with Gasteiger partial charge in [-0.1, -0.05) is 12.8 Å². The Morgan fingerprint density at radius 2 is 2.05 bits per heavy atom. The summed E-state index contributed by atoms with van der Waals surface area (Å²) >= 11 is 0. The lowest BCUT2D eigenvalue weighted by Crippen LogP contribution is -2.34. The highest BCUT2D eigenvalue weighted by Gasteiger charge is 2.26. The number of aromatic nitrogens is 1. The van der Waals surface area contributed by atoms with Crippen LogP contribution < -0.4 is 5.32 Å². The number of carbonyl (C=O) groups excluding carboxylic acids is 1. The molecule has 0 aliphatic heterocycles. The van der Waals surface area contributed by atoms with E-state index < -0.39 is 9.05 Å². The summed E-state index contributed by atoms with van der Waals surface area (Å²) in [5.74, 6) is 0.458. The summed E-state index contributed by atoms with van der Waals surface area (Å²) in [5, 5.41) is 2.93. The first-order valence-corrected chi connectivity index (χ1v) is 9.46. The Balaban J connectivity index is 2.20. The van der Waals surface area contributed by atoms with Gasteiger partial charge in [0, 0.05) is 29.0 Å². The third-order valence-electron chi connectivity index (χ3n) is 3.66. The maximum absolute atomic E-state index is 12.4. The predicted octanol–water partition coefficient (Wildman–Crippen LogP) is 2.91. The van der Waals surface area contributed by atoms with Crippen molar-refractivity contribution in [2.75, 3.05) is 0 Å². The minimum atomic E-state index is -3.84. The molecule has 1 heterocycles. The van der Waals surface area contributed by atoms with Crippen LogP contribution in [-0.4, -0.2) is 24.9 Å². The fourth-order valence-corrected chi connectivity index (χ4v) is 3.15. The molecular weight excluding hydrogens is 312 g/mol. The van der Waals surface area contributed by atoms with Gasteiger partial charge in [0.05, 0.1) is 0 Å². The summed E-state index contributed by atoms with van der Waals surface area (Å²) in [5.41, 5.74) is 0.326. The van der Waals surface area contributed by atoms with Crippen molar-refractivity contribution in [2.24, 2.45) is 5.92 Å². The highest BCUT2D eigenvalue weighted by atomic mass is 35.7. The van der Waals surface area contributed by atoms with E-state index in [1.54, 1.807) is 4.57 Å². The molecule has 1 atom stereocenters. The molecule has 1 aromatic rings. The van der Waals surface area contributed by atoms with Crippen LogP contribution in [0, 0.1) is 5.92 Å². The smallest absolute Gasteiger partial charge is 0.268 e. The Morgan fingerprint density at radius 1 is 1.43 bits per heavy atom. The standard InChI is InChI=1S/C14H21ClN2O3S/c1-9(2)17-8-12(21(15,19)20)7-13(17)14(18)16-10(3)6-11-4-5-11/h7-11H,4-6H2,1-3H3,(H,16,18). The number of nitrogens with one attached hydrogen (secondary N) is 1. The Kier molecular flexibility index (Phi) is 4.68. The fourth-order valence-electron chi connectivity index (χ4n) is 2.41. The van der Waals surface area contributed by atoms with E-state index in [1.165, 1.54) is 25.1 Å². The Hall–Kier alpha value is -1.01. The van der Waals surface area contributed by atoms with Gasteiger partial charge in [0.15, 0.2) is 0 Å².